The first-order chi connectivity index (χ1) is 8.65. The molecule has 1 amide bonds. The van der Waals surface area contributed by atoms with Crippen molar-refractivity contribution >= 4 is 5.91 Å². The van der Waals surface area contributed by atoms with Crippen molar-refractivity contribution in [2.24, 2.45) is 0 Å². The Hall–Kier alpha value is -0.570. The van der Waals surface area contributed by atoms with Gasteiger partial charge in [-0.3, -0.25) is 4.79 Å². The molecule has 0 rings (SSSR count). The monoisotopic (exact) mass is 256 g/mol. The molecule has 0 spiro atoms. The van der Waals surface area contributed by atoms with Crippen LogP contribution in [0.15, 0.2) is 0 Å². The van der Waals surface area contributed by atoms with Gasteiger partial charge in [-0.1, -0.05) is 39.0 Å². The van der Waals surface area contributed by atoms with E-state index in [9.17, 15) is 4.79 Å². The van der Waals surface area contributed by atoms with Crippen molar-refractivity contribution in [1.82, 2.24) is 10.2 Å². The second-order valence-corrected chi connectivity index (χ2v) is 5.05. The lowest BCUT2D eigenvalue weighted by Gasteiger charge is -2.20. The fourth-order valence-electron chi connectivity index (χ4n) is 2.11. The van der Waals surface area contributed by atoms with Crippen LogP contribution in [0.2, 0.25) is 0 Å². The molecule has 0 aliphatic rings. The number of rotatable bonds is 11. The van der Waals surface area contributed by atoms with E-state index in [0.29, 0.717) is 12.6 Å². The minimum atomic E-state index is 0.220. The standard InChI is InChI=1S/C15H32N2O/c1-5-8-9-10-11-12-14(4)16-13-15(18)17(6-2)7-3/h14,16H,5-13H2,1-4H3. The lowest BCUT2D eigenvalue weighted by atomic mass is 10.1. The van der Waals surface area contributed by atoms with Crippen LogP contribution in [0.5, 0.6) is 0 Å². The van der Waals surface area contributed by atoms with Gasteiger partial charge >= 0.3 is 0 Å². The number of hydrogen-bond acceptors (Lipinski definition) is 2. The number of unbranched alkanes of at least 4 members (excludes halogenated alkanes) is 4. The highest BCUT2D eigenvalue weighted by molar-refractivity contribution is 5.78. The van der Waals surface area contributed by atoms with Crippen molar-refractivity contribution in [2.75, 3.05) is 19.6 Å². The fourth-order valence-corrected chi connectivity index (χ4v) is 2.11. The highest BCUT2D eigenvalue weighted by Gasteiger charge is 2.10. The third-order valence-electron chi connectivity index (χ3n) is 3.46. The van der Waals surface area contributed by atoms with Crippen LogP contribution in [0.25, 0.3) is 0 Å². The maximum Gasteiger partial charge on any atom is 0.236 e. The molecule has 0 heterocycles. The Morgan fingerprint density at radius 3 is 2.22 bits per heavy atom. The largest absolute Gasteiger partial charge is 0.342 e. The van der Waals surface area contributed by atoms with Crippen molar-refractivity contribution in [1.29, 1.82) is 0 Å². The molecule has 0 saturated carbocycles. The smallest absolute Gasteiger partial charge is 0.236 e. The number of amides is 1. The number of carbonyl (C=O) groups excluding carboxylic acids is 1. The number of carbonyl (C=O) groups is 1. The van der Waals surface area contributed by atoms with Crippen LogP contribution in [0.3, 0.4) is 0 Å². The number of nitrogens with one attached hydrogen (secondary N) is 1. The van der Waals surface area contributed by atoms with Gasteiger partial charge in [-0.25, -0.2) is 0 Å². The average Bonchev–Trinajstić information content (AvgIpc) is 2.37. The first kappa shape index (κ1) is 17.4. The van der Waals surface area contributed by atoms with E-state index in [4.69, 9.17) is 0 Å². The molecule has 1 unspecified atom stereocenters. The summed E-state index contributed by atoms with van der Waals surface area (Å²) in [5, 5.41) is 3.33. The second kappa shape index (κ2) is 11.5. The predicted molar refractivity (Wildman–Crippen MR) is 78.8 cm³/mol. The summed E-state index contributed by atoms with van der Waals surface area (Å²) in [6.45, 7) is 10.6. The van der Waals surface area contributed by atoms with Crippen molar-refractivity contribution in [3.63, 3.8) is 0 Å². The molecule has 108 valence electrons. The molecule has 0 aliphatic heterocycles. The highest BCUT2D eigenvalue weighted by Crippen LogP contribution is 2.06. The Labute approximate surface area is 113 Å². The molecule has 0 bridgehead atoms. The van der Waals surface area contributed by atoms with Gasteiger partial charge < -0.3 is 10.2 Å². The van der Waals surface area contributed by atoms with Gasteiger partial charge in [0, 0.05) is 19.1 Å². The van der Waals surface area contributed by atoms with Crippen LogP contribution in [0.4, 0.5) is 0 Å². The molecular weight excluding hydrogens is 224 g/mol. The number of likely N-dealkylation sites (N-methyl/N-ethyl adjacent to an activating group) is 1. The van der Waals surface area contributed by atoms with E-state index in [0.717, 1.165) is 13.1 Å². The molecule has 1 N–H and O–H groups in total. The van der Waals surface area contributed by atoms with E-state index in [1.807, 2.05) is 18.7 Å². The van der Waals surface area contributed by atoms with Crippen LogP contribution in [0, 0.1) is 0 Å². The van der Waals surface area contributed by atoms with Crippen molar-refractivity contribution in [3.05, 3.63) is 0 Å². The minimum absolute atomic E-state index is 0.220. The maximum absolute atomic E-state index is 11.8. The summed E-state index contributed by atoms with van der Waals surface area (Å²) in [5.74, 6) is 0.220. The Balaban J connectivity index is 3.57. The van der Waals surface area contributed by atoms with E-state index in [1.54, 1.807) is 0 Å². The van der Waals surface area contributed by atoms with Crippen LogP contribution < -0.4 is 5.32 Å². The van der Waals surface area contributed by atoms with Gasteiger partial charge in [0.2, 0.25) is 5.91 Å². The summed E-state index contributed by atoms with van der Waals surface area (Å²) in [4.78, 5) is 13.7. The molecule has 3 nitrogen and oxygen atoms in total. The normalized spacial score (nSPS) is 12.4. The molecule has 0 fully saturated rings. The zero-order chi connectivity index (χ0) is 13.8. The number of nitrogens with zero attached hydrogens (tertiary/aromatic N) is 1. The zero-order valence-electron chi connectivity index (χ0n) is 12.8. The second-order valence-electron chi connectivity index (χ2n) is 5.05. The van der Waals surface area contributed by atoms with Gasteiger partial charge in [0.25, 0.3) is 0 Å². The Bertz CT molecular complexity index is 203. The van der Waals surface area contributed by atoms with E-state index in [-0.39, 0.29) is 5.91 Å². The third-order valence-corrected chi connectivity index (χ3v) is 3.46. The summed E-state index contributed by atoms with van der Waals surface area (Å²) in [7, 11) is 0. The lowest BCUT2D eigenvalue weighted by Crippen LogP contribution is -2.40. The molecule has 0 aromatic heterocycles. The van der Waals surface area contributed by atoms with Gasteiger partial charge in [-0.2, -0.15) is 0 Å². The maximum atomic E-state index is 11.8. The Morgan fingerprint density at radius 2 is 1.67 bits per heavy atom. The van der Waals surface area contributed by atoms with Gasteiger partial charge in [-0.05, 0) is 27.2 Å². The summed E-state index contributed by atoms with van der Waals surface area (Å²) in [5.41, 5.74) is 0. The molecule has 0 aromatic carbocycles. The predicted octanol–water partition coefficient (Wildman–Crippen LogP) is 3.19. The fraction of sp³-hybridized carbons (Fsp3) is 0.933. The first-order valence-electron chi connectivity index (χ1n) is 7.66. The zero-order valence-corrected chi connectivity index (χ0v) is 12.8. The minimum Gasteiger partial charge on any atom is -0.342 e. The molecule has 0 aromatic rings. The Kier molecular flexibility index (Phi) is 11.2. The molecular formula is C15H32N2O. The van der Waals surface area contributed by atoms with Gasteiger partial charge in [-0.15, -0.1) is 0 Å². The van der Waals surface area contributed by atoms with Gasteiger partial charge in [0.1, 0.15) is 0 Å². The van der Waals surface area contributed by atoms with Crippen molar-refractivity contribution in [3.8, 4) is 0 Å². The SMILES string of the molecule is CCCCCCCC(C)NCC(=O)N(CC)CC. The van der Waals surface area contributed by atoms with Crippen LogP contribution in [0.1, 0.15) is 66.2 Å². The quantitative estimate of drug-likeness (QED) is 0.576. The van der Waals surface area contributed by atoms with Crippen LogP contribution in [-0.4, -0.2) is 36.5 Å². The molecule has 0 radical (unpaired) electrons. The first-order valence-corrected chi connectivity index (χ1v) is 7.66. The molecule has 3 heteroatoms. The molecule has 0 aliphatic carbocycles. The van der Waals surface area contributed by atoms with Crippen molar-refractivity contribution in [2.45, 2.75) is 72.3 Å². The summed E-state index contributed by atoms with van der Waals surface area (Å²) >= 11 is 0. The summed E-state index contributed by atoms with van der Waals surface area (Å²) in [6.07, 6.45) is 7.77. The van der Waals surface area contributed by atoms with Gasteiger partial charge in [0.15, 0.2) is 0 Å². The topological polar surface area (TPSA) is 32.3 Å². The third kappa shape index (κ3) is 8.51. The van der Waals surface area contributed by atoms with Crippen LogP contribution >= 0.6 is 0 Å². The molecule has 0 saturated heterocycles. The lowest BCUT2D eigenvalue weighted by molar-refractivity contribution is -0.129. The number of hydrogen-bond donors (Lipinski definition) is 1. The van der Waals surface area contributed by atoms with E-state index >= 15 is 0 Å². The van der Waals surface area contributed by atoms with Crippen LogP contribution in [-0.2, 0) is 4.79 Å². The van der Waals surface area contributed by atoms with E-state index in [2.05, 4.69) is 19.2 Å². The summed E-state index contributed by atoms with van der Waals surface area (Å²) < 4.78 is 0. The molecule has 18 heavy (non-hydrogen) atoms. The highest BCUT2D eigenvalue weighted by atomic mass is 16.2. The average molecular weight is 256 g/mol. The van der Waals surface area contributed by atoms with Crippen molar-refractivity contribution < 1.29 is 4.79 Å². The molecule has 1 atom stereocenters. The van der Waals surface area contributed by atoms with E-state index < -0.39 is 0 Å². The summed E-state index contributed by atoms with van der Waals surface area (Å²) in [6, 6.07) is 0.450. The van der Waals surface area contributed by atoms with Gasteiger partial charge in [0.05, 0.1) is 6.54 Å². The van der Waals surface area contributed by atoms with E-state index in [1.165, 1.54) is 38.5 Å². The Morgan fingerprint density at radius 1 is 1.06 bits per heavy atom.